The lowest BCUT2D eigenvalue weighted by molar-refractivity contribution is -0.150. The van der Waals surface area contributed by atoms with Gasteiger partial charge in [0, 0.05) is 24.1 Å². The van der Waals surface area contributed by atoms with Crippen LogP contribution in [0.2, 0.25) is 0 Å². The number of rotatable bonds is 8. The minimum absolute atomic E-state index is 0.0559. The maximum atomic E-state index is 12.8. The second kappa shape index (κ2) is 9.81. The Balaban J connectivity index is 1.43. The molecule has 1 aromatic heterocycles. The van der Waals surface area contributed by atoms with Crippen LogP contribution in [0.15, 0.2) is 57.5 Å². The second-order valence-electron chi connectivity index (χ2n) is 7.41. The molecule has 10 nitrogen and oxygen atoms in total. The van der Waals surface area contributed by atoms with Crippen molar-refractivity contribution < 1.29 is 19.5 Å². The van der Waals surface area contributed by atoms with Crippen molar-refractivity contribution in [3.8, 4) is 0 Å². The molecule has 0 bridgehead atoms. The molecule has 2 amide bonds. The number of thioether (sulfide) groups is 2. The van der Waals surface area contributed by atoms with Crippen LogP contribution < -0.4 is 16.6 Å². The number of fused-ring (bicyclic) bond motifs is 1. The zero-order valence-electron chi connectivity index (χ0n) is 17.3. The first-order valence-corrected chi connectivity index (χ1v) is 12.1. The van der Waals surface area contributed by atoms with Gasteiger partial charge in [-0.15, -0.1) is 23.5 Å². The smallest absolute Gasteiger partial charge is 0.352 e. The highest BCUT2D eigenvalue weighted by Crippen LogP contribution is 2.41. The van der Waals surface area contributed by atoms with Crippen molar-refractivity contribution in [3.63, 3.8) is 0 Å². The Morgan fingerprint density at radius 1 is 1.24 bits per heavy atom. The van der Waals surface area contributed by atoms with Crippen LogP contribution in [0.5, 0.6) is 0 Å². The molecule has 0 unspecified atom stereocenters. The van der Waals surface area contributed by atoms with Gasteiger partial charge in [0.05, 0.1) is 6.42 Å². The van der Waals surface area contributed by atoms with E-state index in [9.17, 15) is 24.3 Å². The maximum Gasteiger partial charge on any atom is 0.352 e. The molecule has 1 aromatic carbocycles. The molecule has 0 radical (unpaired) electrons. The summed E-state index contributed by atoms with van der Waals surface area (Å²) in [6.45, 7) is 0.306. The van der Waals surface area contributed by atoms with Gasteiger partial charge >= 0.3 is 5.97 Å². The number of nitrogens with one attached hydrogen (secondary N) is 2. The second-order valence-corrected chi connectivity index (χ2v) is 9.51. The molecule has 2 aliphatic heterocycles. The van der Waals surface area contributed by atoms with Crippen LogP contribution in [-0.4, -0.2) is 60.9 Å². The predicted octanol–water partition coefficient (Wildman–Crippen LogP) is 0.302. The quantitative estimate of drug-likeness (QED) is 0.303. The Labute approximate surface area is 197 Å². The molecular formula is C21H21N5O5S2. The van der Waals surface area contributed by atoms with Gasteiger partial charge in [-0.3, -0.25) is 19.3 Å². The Morgan fingerprint density at radius 2 is 2.00 bits per heavy atom. The van der Waals surface area contributed by atoms with E-state index in [2.05, 4.69) is 15.5 Å². The van der Waals surface area contributed by atoms with Crippen LogP contribution >= 0.6 is 23.5 Å². The largest absolute Gasteiger partial charge is 0.477 e. The van der Waals surface area contributed by atoms with Gasteiger partial charge in [0.15, 0.2) is 0 Å². The summed E-state index contributed by atoms with van der Waals surface area (Å²) in [5, 5.41) is 18.8. The van der Waals surface area contributed by atoms with Crippen molar-refractivity contribution in [2.45, 2.75) is 29.4 Å². The average molecular weight is 488 g/mol. The Kier molecular flexibility index (Phi) is 6.86. The minimum atomic E-state index is -1.19. The number of benzene rings is 1. The van der Waals surface area contributed by atoms with Crippen molar-refractivity contribution >= 4 is 41.3 Å². The molecule has 2 aliphatic rings. The van der Waals surface area contributed by atoms with E-state index in [0.29, 0.717) is 28.6 Å². The van der Waals surface area contributed by atoms with Crippen LogP contribution in [0.4, 0.5) is 0 Å². The molecule has 5 N–H and O–H groups in total. The van der Waals surface area contributed by atoms with E-state index in [-0.39, 0.29) is 23.6 Å². The van der Waals surface area contributed by atoms with Gasteiger partial charge in [0.25, 0.3) is 11.5 Å². The van der Waals surface area contributed by atoms with Crippen molar-refractivity contribution in [2.75, 3.05) is 11.5 Å². The van der Waals surface area contributed by atoms with E-state index in [1.807, 2.05) is 24.3 Å². The summed E-state index contributed by atoms with van der Waals surface area (Å²) in [6, 6.07) is 9.44. The average Bonchev–Trinajstić information content (AvgIpc) is 2.81. The first kappa shape index (κ1) is 23.1. The molecule has 33 heavy (non-hydrogen) atoms. The summed E-state index contributed by atoms with van der Waals surface area (Å²) in [6.07, 6.45) is 0.0875. The highest BCUT2D eigenvalue weighted by atomic mass is 32.2. The zero-order valence-corrected chi connectivity index (χ0v) is 18.9. The van der Waals surface area contributed by atoms with Gasteiger partial charge in [-0.1, -0.05) is 24.3 Å². The number of carbonyl (C=O) groups is 3. The third-order valence-corrected chi connectivity index (χ3v) is 7.66. The van der Waals surface area contributed by atoms with Crippen molar-refractivity contribution in [3.05, 3.63) is 69.1 Å². The molecule has 0 saturated carbocycles. The lowest BCUT2D eigenvalue weighted by Gasteiger charge is -2.49. The number of carbonyl (C=O) groups excluding carboxylic acids is 2. The summed E-state index contributed by atoms with van der Waals surface area (Å²) in [4.78, 5) is 49.7. The number of nitrogens with zero attached hydrogens (tertiary/aromatic N) is 2. The van der Waals surface area contributed by atoms with Crippen molar-refractivity contribution in [2.24, 2.45) is 5.73 Å². The van der Waals surface area contributed by atoms with Gasteiger partial charge in [-0.25, -0.2) is 9.89 Å². The van der Waals surface area contributed by atoms with Crippen LogP contribution in [0, 0.1) is 0 Å². The number of H-pyrrole nitrogens is 1. The number of carboxylic acid groups (broad SMARTS) is 1. The Hall–Kier alpha value is -3.09. The lowest BCUT2D eigenvalue weighted by Crippen LogP contribution is -2.70. The van der Waals surface area contributed by atoms with E-state index in [1.54, 1.807) is 6.07 Å². The van der Waals surface area contributed by atoms with Gasteiger partial charge in [-0.2, -0.15) is 5.10 Å². The fourth-order valence-electron chi connectivity index (χ4n) is 3.69. The van der Waals surface area contributed by atoms with Crippen LogP contribution in [0.1, 0.15) is 11.1 Å². The monoisotopic (exact) mass is 487 g/mol. The molecule has 172 valence electrons. The van der Waals surface area contributed by atoms with E-state index in [0.717, 1.165) is 11.1 Å². The number of β-lactam (4-membered cyclic amide) rings is 1. The molecule has 12 heteroatoms. The highest BCUT2D eigenvalue weighted by molar-refractivity contribution is 8.01. The van der Waals surface area contributed by atoms with E-state index >= 15 is 0 Å². The number of amides is 2. The third-order valence-electron chi connectivity index (χ3n) is 5.30. The lowest BCUT2D eigenvalue weighted by atomic mass is 10.0. The number of aromatic amines is 1. The molecular weight excluding hydrogens is 466 g/mol. The normalized spacial score (nSPS) is 19.7. The van der Waals surface area contributed by atoms with Crippen LogP contribution in [-0.2, 0) is 27.3 Å². The van der Waals surface area contributed by atoms with Crippen LogP contribution in [0.25, 0.3) is 0 Å². The number of nitrogens with two attached hydrogens (primary N) is 1. The van der Waals surface area contributed by atoms with Crippen molar-refractivity contribution in [1.29, 1.82) is 0 Å². The first-order chi connectivity index (χ1) is 15.9. The topological polar surface area (TPSA) is 158 Å². The molecule has 2 atom stereocenters. The molecule has 0 aliphatic carbocycles. The van der Waals surface area contributed by atoms with E-state index < -0.39 is 23.3 Å². The number of hydrogen-bond donors (Lipinski definition) is 4. The van der Waals surface area contributed by atoms with Crippen LogP contribution in [0.3, 0.4) is 0 Å². The first-order valence-electron chi connectivity index (χ1n) is 10.0. The highest BCUT2D eigenvalue weighted by Gasteiger charge is 2.54. The Bertz CT molecular complexity index is 1180. The molecule has 0 spiro atoms. The number of aliphatic carboxylic acids is 1. The number of aromatic nitrogens is 2. The number of carboxylic acids is 1. The van der Waals surface area contributed by atoms with Gasteiger partial charge in [0.1, 0.15) is 22.1 Å². The fourth-order valence-corrected chi connectivity index (χ4v) is 6.00. The fraction of sp³-hybridized carbons (Fsp3) is 0.286. The number of hydrogen-bond acceptors (Lipinski definition) is 8. The van der Waals surface area contributed by atoms with Gasteiger partial charge < -0.3 is 16.2 Å². The zero-order chi connectivity index (χ0) is 23.5. The SMILES string of the molecule is NCc1ccccc1CC(=O)N[C@H]1C(=O)N2C(C(=O)O)=C(CSc3ccc(=O)[nH]n3)CS[C@H]12. The summed E-state index contributed by atoms with van der Waals surface area (Å²) in [5.41, 5.74) is 7.57. The summed E-state index contributed by atoms with van der Waals surface area (Å²) in [5.74, 6) is -1.26. The summed E-state index contributed by atoms with van der Waals surface area (Å²) < 4.78 is 0. The molecule has 3 heterocycles. The molecule has 1 saturated heterocycles. The Morgan fingerprint density at radius 3 is 2.67 bits per heavy atom. The van der Waals surface area contributed by atoms with Gasteiger partial charge in [-0.05, 0) is 22.8 Å². The van der Waals surface area contributed by atoms with Crippen molar-refractivity contribution in [1.82, 2.24) is 20.4 Å². The van der Waals surface area contributed by atoms with E-state index in [1.165, 1.54) is 34.5 Å². The standard InChI is InChI=1S/C21H21N5O5S2/c22-8-12-4-2-1-3-11(12)7-15(28)23-17-19(29)26-18(21(30)31)13(10-33-20(17)26)9-32-16-6-5-14(27)24-25-16/h1-6,17,20H,7-10,22H2,(H,23,28)(H,24,27)(H,30,31)/t17-,20+/m0/s1. The third kappa shape index (κ3) is 4.82. The minimum Gasteiger partial charge on any atom is -0.477 e. The van der Waals surface area contributed by atoms with E-state index in [4.69, 9.17) is 5.73 Å². The molecule has 4 rings (SSSR count). The summed E-state index contributed by atoms with van der Waals surface area (Å²) in [7, 11) is 0. The summed E-state index contributed by atoms with van der Waals surface area (Å²) >= 11 is 2.67. The van der Waals surface area contributed by atoms with Gasteiger partial charge in [0.2, 0.25) is 5.91 Å². The molecule has 2 aromatic rings. The maximum absolute atomic E-state index is 12.8. The predicted molar refractivity (Wildman–Crippen MR) is 123 cm³/mol. The molecule has 1 fully saturated rings.